The van der Waals surface area contributed by atoms with Gasteiger partial charge in [0.1, 0.15) is 0 Å². The van der Waals surface area contributed by atoms with E-state index in [1.54, 1.807) is 17.3 Å². The zero-order chi connectivity index (χ0) is 20.4. The topological polar surface area (TPSA) is 46.1 Å². The molecule has 0 unspecified atom stereocenters. The number of carbonyl (C=O) groups excluding carboxylic acids is 1. The van der Waals surface area contributed by atoms with Gasteiger partial charge in [0.2, 0.25) is 5.91 Å². The average Bonchev–Trinajstić information content (AvgIpc) is 3.11. The maximum Gasteiger partial charge on any atom is 0.233 e. The van der Waals surface area contributed by atoms with Crippen LogP contribution in [-0.2, 0) is 17.8 Å². The highest BCUT2D eigenvalue weighted by Gasteiger charge is 2.21. The molecule has 4 nitrogen and oxygen atoms in total. The van der Waals surface area contributed by atoms with E-state index in [-0.39, 0.29) is 5.91 Å². The number of carbonyl (C=O) groups is 1. The van der Waals surface area contributed by atoms with Crippen LogP contribution in [0.5, 0.6) is 0 Å². The van der Waals surface area contributed by atoms with Gasteiger partial charge in [0.05, 0.1) is 23.2 Å². The monoisotopic (exact) mass is 421 g/mol. The minimum absolute atomic E-state index is 0.0129. The number of fused-ring (bicyclic) bond motifs is 1. The molecular weight excluding hydrogens is 402 g/mol. The lowest BCUT2D eigenvalue weighted by Gasteiger charge is -2.20. The summed E-state index contributed by atoms with van der Waals surface area (Å²) in [6, 6.07) is 15.6. The number of hydrogen-bond acceptors (Lipinski definition) is 4. The molecule has 0 fully saturated rings. The summed E-state index contributed by atoms with van der Waals surface area (Å²) in [6.45, 7) is 4.54. The van der Waals surface area contributed by atoms with Gasteiger partial charge < -0.3 is 0 Å². The van der Waals surface area contributed by atoms with Gasteiger partial charge in [-0.1, -0.05) is 46.7 Å². The minimum atomic E-state index is 0.0129. The van der Waals surface area contributed by atoms with Gasteiger partial charge in [0.25, 0.3) is 0 Å². The third-order valence-electron chi connectivity index (χ3n) is 4.80. The van der Waals surface area contributed by atoms with Crippen molar-refractivity contribution in [2.45, 2.75) is 26.8 Å². The third kappa shape index (κ3) is 4.47. The number of halogens is 1. The summed E-state index contributed by atoms with van der Waals surface area (Å²) in [7, 11) is 0. The maximum absolute atomic E-state index is 13.3. The van der Waals surface area contributed by atoms with Crippen molar-refractivity contribution in [3.63, 3.8) is 0 Å². The Bertz CT molecular complexity index is 1170. The first-order chi connectivity index (χ1) is 14.0. The van der Waals surface area contributed by atoms with E-state index in [9.17, 15) is 4.79 Å². The molecule has 2 aromatic carbocycles. The first-order valence-corrected chi connectivity index (χ1v) is 10.5. The molecule has 0 N–H and O–H groups in total. The second kappa shape index (κ2) is 8.31. The second-order valence-corrected chi connectivity index (χ2v) is 8.50. The lowest BCUT2D eigenvalue weighted by molar-refractivity contribution is -0.118. The standard InChI is InChI=1S/C23H20ClN3OS/c1-15-3-4-18(16(2)11-15)12-22(28)27(14-17-7-9-25-10-8-17)23-26-20-6-5-19(24)13-21(20)29-23/h3-11,13H,12,14H2,1-2H3. The summed E-state index contributed by atoms with van der Waals surface area (Å²) in [5.41, 5.74) is 5.19. The fourth-order valence-corrected chi connectivity index (χ4v) is 4.50. The number of aromatic nitrogens is 2. The van der Waals surface area contributed by atoms with Crippen LogP contribution >= 0.6 is 22.9 Å². The summed E-state index contributed by atoms with van der Waals surface area (Å²) in [5, 5.41) is 1.34. The zero-order valence-corrected chi connectivity index (χ0v) is 17.8. The summed E-state index contributed by atoms with van der Waals surface area (Å²) in [5.74, 6) is 0.0129. The summed E-state index contributed by atoms with van der Waals surface area (Å²) >= 11 is 7.61. The molecule has 4 rings (SSSR count). The Labute approximate surface area is 178 Å². The van der Waals surface area contributed by atoms with Crippen LogP contribution in [0, 0.1) is 13.8 Å². The fraction of sp³-hybridized carbons (Fsp3) is 0.174. The zero-order valence-electron chi connectivity index (χ0n) is 16.2. The van der Waals surface area contributed by atoms with Crippen molar-refractivity contribution in [3.8, 4) is 0 Å². The van der Waals surface area contributed by atoms with Gasteiger partial charge >= 0.3 is 0 Å². The molecule has 0 aliphatic rings. The predicted molar refractivity (Wildman–Crippen MR) is 120 cm³/mol. The second-order valence-electron chi connectivity index (χ2n) is 7.05. The number of thiazole rings is 1. The number of benzene rings is 2. The van der Waals surface area contributed by atoms with Crippen molar-refractivity contribution in [2.75, 3.05) is 4.90 Å². The van der Waals surface area contributed by atoms with Crippen LogP contribution in [0.15, 0.2) is 60.9 Å². The fourth-order valence-electron chi connectivity index (χ4n) is 3.24. The number of anilines is 1. The number of rotatable bonds is 5. The van der Waals surface area contributed by atoms with E-state index in [0.29, 0.717) is 23.1 Å². The molecule has 1 amide bonds. The summed E-state index contributed by atoms with van der Waals surface area (Å²) in [4.78, 5) is 23.9. The van der Waals surface area contributed by atoms with Gasteiger partial charge in [0.15, 0.2) is 5.13 Å². The third-order valence-corrected chi connectivity index (χ3v) is 6.08. The average molecular weight is 422 g/mol. The Morgan fingerprint density at radius 1 is 1.07 bits per heavy atom. The van der Waals surface area contributed by atoms with Crippen LogP contribution in [0.2, 0.25) is 5.02 Å². The Kier molecular flexibility index (Phi) is 5.60. The summed E-state index contributed by atoms with van der Waals surface area (Å²) in [6.07, 6.45) is 3.80. The number of nitrogens with zero attached hydrogens (tertiary/aromatic N) is 3. The molecule has 6 heteroatoms. The molecule has 2 heterocycles. The van der Waals surface area contributed by atoms with Crippen LogP contribution in [0.1, 0.15) is 22.3 Å². The molecule has 0 saturated carbocycles. The van der Waals surface area contributed by atoms with Crippen molar-refractivity contribution in [1.82, 2.24) is 9.97 Å². The van der Waals surface area contributed by atoms with Crippen molar-refractivity contribution in [1.29, 1.82) is 0 Å². The number of aryl methyl sites for hydroxylation is 2. The van der Waals surface area contributed by atoms with Gasteiger partial charge in [-0.25, -0.2) is 4.98 Å². The molecule has 0 saturated heterocycles. The molecule has 146 valence electrons. The maximum atomic E-state index is 13.3. The van der Waals surface area contributed by atoms with Gasteiger partial charge in [-0.05, 0) is 60.9 Å². The number of amides is 1. The molecule has 0 aliphatic carbocycles. The minimum Gasteiger partial charge on any atom is -0.283 e. The first kappa shape index (κ1) is 19.6. The number of hydrogen-bond donors (Lipinski definition) is 0. The van der Waals surface area contributed by atoms with Crippen LogP contribution in [0.25, 0.3) is 10.2 Å². The highest BCUT2D eigenvalue weighted by molar-refractivity contribution is 7.22. The SMILES string of the molecule is Cc1ccc(CC(=O)N(Cc2ccncc2)c2nc3ccc(Cl)cc3s2)c(C)c1. The first-order valence-electron chi connectivity index (χ1n) is 9.31. The normalized spacial score (nSPS) is 11.0. The highest BCUT2D eigenvalue weighted by Crippen LogP contribution is 2.32. The van der Waals surface area contributed by atoms with Crippen LogP contribution in [-0.4, -0.2) is 15.9 Å². The Hall–Kier alpha value is -2.76. The van der Waals surface area contributed by atoms with Crippen LogP contribution in [0.3, 0.4) is 0 Å². The van der Waals surface area contributed by atoms with Gasteiger partial charge in [-0.2, -0.15) is 0 Å². The van der Waals surface area contributed by atoms with Crippen molar-refractivity contribution in [2.24, 2.45) is 0 Å². The highest BCUT2D eigenvalue weighted by atomic mass is 35.5. The van der Waals surface area contributed by atoms with Crippen molar-refractivity contribution >= 4 is 44.2 Å². The smallest absolute Gasteiger partial charge is 0.233 e. The molecule has 29 heavy (non-hydrogen) atoms. The van der Waals surface area contributed by atoms with Gasteiger partial charge in [-0.15, -0.1) is 0 Å². The number of pyridine rings is 1. The molecule has 0 aliphatic heterocycles. The molecule has 0 bridgehead atoms. The van der Waals surface area contributed by atoms with E-state index in [4.69, 9.17) is 16.6 Å². The van der Waals surface area contributed by atoms with Crippen molar-refractivity contribution in [3.05, 3.63) is 88.2 Å². The van der Waals surface area contributed by atoms with Gasteiger partial charge in [0, 0.05) is 17.4 Å². The Balaban J connectivity index is 1.69. The molecular formula is C23H20ClN3OS. The lowest BCUT2D eigenvalue weighted by Crippen LogP contribution is -2.31. The van der Waals surface area contributed by atoms with E-state index in [2.05, 4.69) is 18.0 Å². The Morgan fingerprint density at radius 2 is 1.86 bits per heavy atom. The van der Waals surface area contributed by atoms with Crippen LogP contribution < -0.4 is 4.90 Å². The molecule has 4 aromatic rings. The largest absolute Gasteiger partial charge is 0.283 e. The predicted octanol–water partition coefficient (Wildman–Crippen LogP) is 5.74. The molecule has 2 aromatic heterocycles. The molecule has 0 atom stereocenters. The van der Waals surface area contributed by atoms with E-state index in [1.165, 1.54) is 16.9 Å². The van der Waals surface area contributed by atoms with Gasteiger partial charge in [-0.3, -0.25) is 14.7 Å². The van der Waals surface area contributed by atoms with E-state index in [0.717, 1.165) is 26.9 Å². The summed E-state index contributed by atoms with van der Waals surface area (Å²) < 4.78 is 0.964. The van der Waals surface area contributed by atoms with E-state index in [1.807, 2.05) is 49.4 Å². The lowest BCUT2D eigenvalue weighted by atomic mass is 10.0. The quantitative estimate of drug-likeness (QED) is 0.413. The van der Waals surface area contributed by atoms with E-state index >= 15 is 0 Å². The Morgan fingerprint density at radius 3 is 2.62 bits per heavy atom. The molecule has 0 radical (unpaired) electrons. The van der Waals surface area contributed by atoms with E-state index < -0.39 is 0 Å². The van der Waals surface area contributed by atoms with Crippen LogP contribution in [0.4, 0.5) is 5.13 Å². The van der Waals surface area contributed by atoms with Crippen molar-refractivity contribution < 1.29 is 4.79 Å². The molecule has 0 spiro atoms.